The maximum atomic E-state index is 12.2. The van der Waals surface area contributed by atoms with Crippen molar-refractivity contribution in [2.24, 2.45) is 0 Å². The number of pyridine rings is 1. The molecule has 1 rings (SSSR count). The zero-order valence-electron chi connectivity index (χ0n) is 11.6. The topological polar surface area (TPSA) is 88.3 Å². The van der Waals surface area contributed by atoms with Crippen LogP contribution in [0, 0.1) is 0 Å². The molecule has 1 aromatic rings. The molecule has 0 aromatic carbocycles. The average molecular weight is 286 g/mol. The molecule has 0 aliphatic carbocycles. The maximum Gasteiger partial charge on any atom is 0.244 e. The smallest absolute Gasteiger partial charge is 0.244 e. The molecule has 0 fully saturated rings. The Morgan fingerprint density at radius 1 is 1.42 bits per heavy atom. The largest absolute Gasteiger partial charge is 0.383 e. The van der Waals surface area contributed by atoms with E-state index in [0.717, 1.165) is 13.1 Å². The molecule has 0 bridgehead atoms. The Kier molecular flexibility index (Phi) is 5.71. The van der Waals surface area contributed by atoms with Crippen molar-refractivity contribution in [2.75, 3.05) is 25.4 Å². The number of aromatic nitrogens is 1. The van der Waals surface area contributed by atoms with Crippen LogP contribution in [0.5, 0.6) is 0 Å². The third-order valence-electron chi connectivity index (χ3n) is 2.87. The minimum atomic E-state index is -3.62. The van der Waals surface area contributed by atoms with Gasteiger partial charge >= 0.3 is 0 Å². The van der Waals surface area contributed by atoms with Gasteiger partial charge in [0.25, 0.3) is 0 Å². The molecule has 1 aromatic heterocycles. The fourth-order valence-corrected chi connectivity index (χ4v) is 3.18. The highest BCUT2D eigenvalue weighted by molar-refractivity contribution is 7.89. The van der Waals surface area contributed by atoms with Gasteiger partial charge in [0.05, 0.1) is 0 Å². The fourth-order valence-electron chi connectivity index (χ4n) is 1.86. The summed E-state index contributed by atoms with van der Waals surface area (Å²) in [6.07, 6.45) is 1.47. The molecule has 0 spiro atoms. The number of rotatable bonds is 7. The van der Waals surface area contributed by atoms with Gasteiger partial charge in [-0.1, -0.05) is 13.8 Å². The summed E-state index contributed by atoms with van der Waals surface area (Å²) < 4.78 is 27.0. The van der Waals surface area contributed by atoms with E-state index in [0.29, 0.717) is 6.54 Å². The van der Waals surface area contributed by atoms with E-state index < -0.39 is 10.0 Å². The molecular formula is C12H22N4O2S. The Morgan fingerprint density at radius 3 is 2.58 bits per heavy atom. The van der Waals surface area contributed by atoms with Crippen LogP contribution in [0.4, 0.5) is 5.82 Å². The minimum Gasteiger partial charge on any atom is -0.383 e. The molecular weight excluding hydrogens is 264 g/mol. The zero-order valence-corrected chi connectivity index (χ0v) is 12.4. The summed E-state index contributed by atoms with van der Waals surface area (Å²) in [4.78, 5) is 5.98. The number of nitrogens with two attached hydrogens (primary N) is 1. The van der Waals surface area contributed by atoms with Crippen LogP contribution in [-0.4, -0.2) is 44.0 Å². The number of nitrogens with zero attached hydrogens (tertiary/aromatic N) is 2. The first-order chi connectivity index (χ1) is 8.90. The van der Waals surface area contributed by atoms with Crippen LogP contribution in [0.1, 0.15) is 20.8 Å². The molecule has 3 N–H and O–H groups in total. The van der Waals surface area contributed by atoms with Crippen molar-refractivity contribution in [2.45, 2.75) is 31.7 Å². The molecule has 0 aliphatic rings. The second kappa shape index (κ2) is 6.83. The van der Waals surface area contributed by atoms with Gasteiger partial charge in [-0.3, -0.25) is 0 Å². The molecule has 0 radical (unpaired) electrons. The summed E-state index contributed by atoms with van der Waals surface area (Å²) in [7, 11) is -3.62. The normalized spacial score (nSPS) is 13.7. The quantitative estimate of drug-likeness (QED) is 0.769. The van der Waals surface area contributed by atoms with Crippen molar-refractivity contribution >= 4 is 15.8 Å². The average Bonchev–Trinajstić information content (AvgIpc) is 2.35. The second-order valence-electron chi connectivity index (χ2n) is 4.39. The van der Waals surface area contributed by atoms with Gasteiger partial charge in [-0.15, -0.1) is 0 Å². The van der Waals surface area contributed by atoms with Gasteiger partial charge in [0.2, 0.25) is 10.0 Å². The Hall–Kier alpha value is -1.18. The lowest BCUT2D eigenvalue weighted by Gasteiger charge is -2.23. The van der Waals surface area contributed by atoms with E-state index in [1.165, 1.54) is 12.3 Å². The fraction of sp³-hybridized carbons (Fsp3) is 0.583. The molecule has 108 valence electrons. The van der Waals surface area contributed by atoms with Crippen LogP contribution in [0.15, 0.2) is 23.2 Å². The number of hydrogen-bond acceptors (Lipinski definition) is 5. The lowest BCUT2D eigenvalue weighted by Crippen LogP contribution is -2.42. The standard InChI is InChI=1S/C12H22N4O2S/c1-4-16(5-2)9-10(3)15-19(17,18)11-7-6-8-14-12(11)13/h6-8,10,15H,4-5,9H2,1-3H3,(H2,13,14). The SMILES string of the molecule is CCN(CC)CC(C)NS(=O)(=O)c1cccnc1N. The maximum absolute atomic E-state index is 12.2. The zero-order chi connectivity index (χ0) is 14.5. The monoisotopic (exact) mass is 286 g/mol. The Morgan fingerprint density at radius 2 is 2.05 bits per heavy atom. The molecule has 0 aliphatic heterocycles. The Bertz CT molecular complexity index is 500. The minimum absolute atomic E-state index is 0.0186. The molecule has 0 saturated carbocycles. The number of likely N-dealkylation sites (N-methyl/N-ethyl adjacent to an activating group) is 1. The van der Waals surface area contributed by atoms with E-state index in [-0.39, 0.29) is 16.8 Å². The van der Waals surface area contributed by atoms with Crippen LogP contribution in [0.2, 0.25) is 0 Å². The Labute approximate surface area is 115 Å². The van der Waals surface area contributed by atoms with Crippen molar-refractivity contribution in [3.8, 4) is 0 Å². The summed E-state index contributed by atoms with van der Waals surface area (Å²) in [5, 5.41) is 0. The third kappa shape index (κ3) is 4.45. The van der Waals surface area contributed by atoms with Gasteiger partial charge in [-0.2, -0.15) is 0 Å². The number of nitrogens with one attached hydrogen (secondary N) is 1. The van der Waals surface area contributed by atoms with Gasteiger partial charge in [0.1, 0.15) is 10.7 Å². The van der Waals surface area contributed by atoms with Crippen LogP contribution >= 0.6 is 0 Å². The van der Waals surface area contributed by atoms with Crippen LogP contribution in [-0.2, 0) is 10.0 Å². The van der Waals surface area contributed by atoms with Crippen LogP contribution < -0.4 is 10.5 Å². The lowest BCUT2D eigenvalue weighted by molar-refractivity contribution is 0.282. The predicted molar refractivity (Wildman–Crippen MR) is 76.2 cm³/mol. The van der Waals surface area contributed by atoms with Crippen molar-refractivity contribution < 1.29 is 8.42 Å². The molecule has 6 nitrogen and oxygen atoms in total. The van der Waals surface area contributed by atoms with Gasteiger partial charge in [-0.25, -0.2) is 18.1 Å². The van der Waals surface area contributed by atoms with Gasteiger partial charge in [0, 0.05) is 18.8 Å². The summed E-state index contributed by atoms with van der Waals surface area (Å²) in [6.45, 7) is 8.36. The van der Waals surface area contributed by atoms with E-state index in [4.69, 9.17) is 5.73 Å². The lowest BCUT2D eigenvalue weighted by atomic mass is 10.3. The number of hydrogen-bond donors (Lipinski definition) is 2. The molecule has 0 saturated heterocycles. The molecule has 1 atom stereocenters. The molecule has 1 unspecified atom stereocenters. The third-order valence-corrected chi connectivity index (χ3v) is 4.51. The summed E-state index contributed by atoms with van der Waals surface area (Å²) in [6, 6.07) is 2.82. The van der Waals surface area contributed by atoms with Crippen molar-refractivity contribution in [3.05, 3.63) is 18.3 Å². The van der Waals surface area contributed by atoms with Gasteiger partial charge in [-0.05, 0) is 32.1 Å². The highest BCUT2D eigenvalue weighted by atomic mass is 32.2. The molecule has 1 heterocycles. The van der Waals surface area contributed by atoms with Gasteiger partial charge < -0.3 is 10.6 Å². The number of nitrogen functional groups attached to an aromatic ring is 1. The van der Waals surface area contributed by atoms with E-state index >= 15 is 0 Å². The highest BCUT2D eigenvalue weighted by Gasteiger charge is 2.21. The van der Waals surface area contributed by atoms with E-state index in [1.54, 1.807) is 6.07 Å². The second-order valence-corrected chi connectivity index (χ2v) is 6.08. The van der Waals surface area contributed by atoms with Crippen LogP contribution in [0.3, 0.4) is 0 Å². The highest BCUT2D eigenvalue weighted by Crippen LogP contribution is 2.14. The molecule has 19 heavy (non-hydrogen) atoms. The summed E-state index contributed by atoms with van der Waals surface area (Å²) >= 11 is 0. The van der Waals surface area contributed by atoms with E-state index in [1.807, 2.05) is 20.8 Å². The van der Waals surface area contributed by atoms with Crippen LogP contribution in [0.25, 0.3) is 0 Å². The Balaban J connectivity index is 2.78. The van der Waals surface area contributed by atoms with Crippen molar-refractivity contribution in [1.29, 1.82) is 0 Å². The number of anilines is 1. The predicted octanol–water partition coefficient (Wildman–Crippen LogP) is 0.672. The van der Waals surface area contributed by atoms with Gasteiger partial charge in [0.15, 0.2) is 0 Å². The summed E-state index contributed by atoms with van der Waals surface area (Å²) in [5.41, 5.74) is 5.60. The van der Waals surface area contributed by atoms with Crippen molar-refractivity contribution in [3.63, 3.8) is 0 Å². The molecule has 7 heteroatoms. The molecule has 0 amide bonds. The van der Waals surface area contributed by atoms with E-state index in [9.17, 15) is 8.42 Å². The first-order valence-corrected chi connectivity index (χ1v) is 7.84. The summed E-state index contributed by atoms with van der Waals surface area (Å²) in [5.74, 6) is 0.0186. The first-order valence-electron chi connectivity index (χ1n) is 6.35. The first kappa shape index (κ1) is 15.9. The number of sulfonamides is 1. The van der Waals surface area contributed by atoms with E-state index in [2.05, 4.69) is 14.6 Å². The van der Waals surface area contributed by atoms with Crippen molar-refractivity contribution in [1.82, 2.24) is 14.6 Å².